The van der Waals surface area contributed by atoms with Gasteiger partial charge in [-0.2, -0.15) is 0 Å². The van der Waals surface area contributed by atoms with Gasteiger partial charge in [-0.3, -0.25) is 0 Å². The molecule has 0 amide bonds. The molecule has 0 aromatic heterocycles. The van der Waals surface area contributed by atoms with Crippen LogP contribution in [-0.4, -0.2) is 32.3 Å². The van der Waals surface area contributed by atoms with E-state index >= 15 is 0 Å². The second-order valence-corrected chi connectivity index (χ2v) is 6.37. The molecular formula is C9H18N2O2S. The van der Waals surface area contributed by atoms with Crippen LogP contribution in [0.5, 0.6) is 0 Å². The van der Waals surface area contributed by atoms with Gasteiger partial charge in [0.25, 0.3) is 0 Å². The molecule has 0 aromatic rings. The highest BCUT2D eigenvalue weighted by Crippen LogP contribution is 2.26. The molecule has 0 aliphatic carbocycles. The predicted molar refractivity (Wildman–Crippen MR) is 55.6 cm³/mol. The fraction of sp³-hybridized carbons (Fsp3) is 1.00. The van der Waals surface area contributed by atoms with Gasteiger partial charge < -0.3 is 5.32 Å². The van der Waals surface area contributed by atoms with Gasteiger partial charge in [0.15, 0.2) is 0 Å². The summed E-state index contributed by atoms with van der Waals surface area (Å²) in [6, 6.07) is 1.25. The third-order valence-corrected chi connectivity index (χ3v) is 4.65. The first kappa shape index (κ1) is 10.4. The number of piperidine rings is 1. The predicted octanol–water partition coefficient (Wildman–Crippen LogP) is 0.209. The van der Waals surface area contributed by atoms with Crippen LogP contribution in [0.25, 0.3) is 0 Å². The van der Waals surface area contributed by atoms with E-state index in [9.17, 15) is 8.42 Å². The second kappa shape index (κ2) is 3.79. The molecule has 0 aromatic carbocycles. The van der Waals surface area contributed by atoms with Crippen molar-refractivity contribution in [2.24, 2.45) is 0 Å². The standard InChI is InChI=1S/C9H18N2O2S/c1-2-14(12,13)11-9-5-7-3-4-8(6-9)10-7/h7-11H,2-6H2,1H3. The zero-order valence-electron chi connectivity index (χ0n) is 8.49. The maximum Gasteiger partial charge on any atom is 0.211 e. The summed E-state index contributed by atoms with van der Waals surface area (Å²) in [5, 5.41) is 3.49. The topological polar surface area (TPSA) is 58.2 Å². The van der Waals surface area contributed by atoms with E-state index in [4.69, 9.17) is 0 Å². The largest absolute Gasteiger partial charge is 0.311 e. The first-order valence-corrected chi connectivity index (χ1v) is 7.00. The van der Waals surface area contributed by atoms with Crippen molar-refractivity contribution in [3.8, 4) is 0 Å². The monoisotopic (exact) mass is 218 g/mol. The van der Waals surface area contributed by atoms with Gasteiger partial charge in [-0.1, -0.05) is 0 Å². The minimum atomic E-state index is -3.02. The lowest BCUT2D eigenvalue weighted by molar-refractivity contribution is 0.345. The van der Waals surface area contributed by atoms with E-state index in [-0.39, 0.29) is 11.8 Å². The highest BCUT2D eigenvalue weighted by atomic mass is 32.2. The Morgan fingerprint density at radius 3 is 2.36 bits per heavy atom. The van der Waals surface area contributed by atoms with Gasteiger partial charge in [-0.05, 0) is 32.6 Å². The molecule has 14 heavy (non-hydrogen) atoms. The van der Waals surface area contributed by atoms with E-state index in [1.807, 2.05) is 0 Å². The molecule has 4 nitrogen and oxygen atoms in total. The fourth-order valence-corrected chi connectivity index (χ4v) is 3.36. The zero-order chi connectivity index (χ0) is 10.2. The highest BCUT2D eigenvalue weighted by molar-refractivity contribution is 7.89. The third kappa shape index (κ3) is 2.27. The number of hydrogen-bond acceptors (Lipinski definition) is 3. The summed E-state index contributed by atoms with van der Waals surface area (Å²) in [4.78, 5) is 0. The first-order valence-electron chi connectivity index (χ1n) is 5.35. The molecule has 5 heteroatoms. The van der Waals surface area contributed by atoms with Crippen LogP contribution < -0.4 is 10.0 Å². The van der Waals surface area contributed by atoms with Crippen molar-refractivity contribution in [3.05, 3.63) is 0 Å². The molecule has 2 bridgehead atoms. The van der Waals surface area contributed by atoms with Crippen LogP contribution in [0.3, 0.4) is 0 Å². The SMILES string of the molecule is CCS(=O)(=O)NC1CC2CCC(C1)N2. The Hall–Kier alpha value is -0.130. The van der Waals surface area contributed by atoms with E-state index in [0.717, 1.165) is 12.8 Å². The molecule has 2 atom stereocenters. The Morgan fingerprint density at radius 2 is 1.86 bits per heavy atom. The molecule has 2 rings (SSSR count). The Kier molecular flexibility index (Phi) is 2.81. The fourth-order valence-electron chi connectivity index (χ4n) is 2.49. The number of fused-ring (bicyclic) bond motifs is 2. The molecule has 2 unspecified atom stereocenters. The minimum Gasteiger partial charge on any atom is -0.311 e. The maximum absolute atomic E-state index is 11.4. The highest BCUT2D eigenvalue weighted by Gasteiger charge is 2.34. The van der Waals surface area contributed by atoms with E-state index in [1.165, 1.54) is 12.8 Å². The minimum absolute atomic E-state index is 0.165. The number of nitrogens with one attached hydrogen (secondary N) is 2. The van der Waals surface area contributed by atoms with Crippen LogP contribution >= 0.6 is 0 Å². The summed E-state index contributed by atoms with van der Waals surface area (Å²) in [7, 11) is -3.02. The van der Waals surface area contributed by atoms with Crippen molar-refractivity contribution in [3.63, 3.8) is 0 Å². The number of sulfonamides is 1. The van der Waals surface area contributed by atoms with E-state index in [1.54, 1.807) is 6.92 Å². The van der Waals surface area contributed by atoms with E-state index < -0.39 is 10.0 Å². The van der Waals surface area contributed by atoms with Crippen LogP contribution in [0.15, 0.2) is 0 Å². The molecule has 2 aliphatic rings. The summed E-state index contributed by atoms with van der Waals surface area (Å²) in [6.07, 6.45) is 4.31. The van der Waals surface area contributed by atoms with Gasteiger partial charge in [0.1, 0.15) is 0 Å². The molecule has 0 radical (unpaired) electrons. The van der Waals surface area contributed by atoms with Gasteiger partial charge in [0, 0.05) is 18.1 Å². The molecule has 82 valence electrons. The van der Waals surface area contributed by atoms with Gasteiger partial charge in [0.05, 0.1) is 5.75 Å². The Labute approximate surface area is 85.5 Å². The third-order valence-electron chi connectivity index (χ3n) is 3.20. The summed E-state index contributed by atoms with van der Waals surface area (Å²) >= 11 is 0. The lowest BCUT2D eigenvalue weighted by atomic mass is 10.0. The van der Waals surface area contributed by atoms with Crippen molar-refractivity contribution < 1.29 is 8.42 Å². The van der Waals surface area contributed by atoms with Gasteiger partial charge in [0.2, 0.25) is 10.0 Å². The van der Waals surface area contributed by atoms with Crippen LogP contribution in [0.1, 0.15) is 32.6 Å². The Morgan fingerprint density at radius 1 is 1.29 bits per heavy atom. The summed E-state index contributed by atoms with van der Waals surface area (Å²) in [6.45, 7) is 1.68. The van der Waals surface area contributed by atoms with E-state index in [0.29, 0.717) is 12.1 Å². The van der Waals surface area contributed by atoms with Crippen LogP contribution in [0.2, 0.25) is 0 Å². The van der Waals surface area contributed by atoms with Crippen molar-refractivity contribution in [1.29, 1.82) is 0 Å². The molecule has 2 N–H and O–H groups in total. The molecule has 0 saturated carbocycles. The van der Waals surface area contributed by atoms with Crippen molar-refractivity contribution in [1.82, 2.24) is 10.0 Å². The van der Waals surface area contributed by atoms with Crippen molar-refractivity contribution in [2.45, 2.75) is 50.7 Å². The van der Waals surface area contributed by atoms with Crippen LogP contribution in [0.4, 0.5) is 0 Å². The smallest absolute Gasteiger partial charge is 0.211 e. The normalized spacial score (nSPS) is 37.4. The summed E-state index contributed by atoms with van der Waals surface area (Å²) in [5.41, 5.74) is 0. The first-order chi connectivity index (χ1) is 6.59. The van der Waals surface area contributed by atoms with E-state index in [2.05, 4.69) is 10.0 Å². The lowest BCUT2D eigenvalue weighted by Crippen LogP contribution is -2.48. The Balaban J connectivity index is 1.94. The quantitative estimate of drug-likeness (QED) is 0.712. The van der Waals surface area contributed by atoms with Crippen LogP contribution in [0, 0.1) is 0 Å². The molecule has 2 aliphatic heterocycles. The second-order valence-electron chi connectivity index (χ2n) is 4.33. The zero-order valence-corrected chi connectivity index (χ0v) is 9.31. The lowest BCUT2D eigenvalue weighted by Gasteiger charge is -2.29. The maximum atomic E-state index is 11.4. The molecule has 0 spiro atoms. The van der Waals surface area contributed by atoms with Gasteiger partial charge in [-0.15, -0.1) is 0 Å². The van der Waals surface area contributed by atoms with Crippen molar-refractivity contribution >= 4 is 10.0 Å². The van der Waals surface area contributed by atoms with Crippen LogP contribution in [-0.2, 0) is 10.0 Å². The Bertz CT molecular complexity index is 290. The summed E-state index contributed by atoms with van der Waals surface area (Å²) < 4.78 is 25.5. The van der Waals surface area contributed by atoms with Gasteiger partial charge in [-0.25, -0.2) is 13.1 Å². The number of rotatable bonds is 3. The molecule has 2 saturated heterocycles. The molecular weight excluding hydrogens is 200 g/mol. The average molecular weight is 218 g/mol. The number of hydrogen-bond donors (Lipinski definition) is 2. The average Bonchev–Trinajstić information content (AvgIpc) is 2.45. The van der Waals surface area contributed by atoms with Crippen molar-refractivity contribution in [2.75, 3.05) is 5.75 Å². The molecule has 2 fully saturated rings. The summed E-state index contributed by atoms with van der Waals surface area (Å²) in [5.74, 6) is 0.187. The molecule has 2 heterocycles. The van der Waals surface area contributed by atoms with Gasteiger partial charge >= 0.3 is 0 Å².